The molecule has 4 rings (SSSR count). The molecule has 1 aromatic carbocycles. The molecule has 0 spiro atoms. The molecule has 0 unspecified atom stereocenters. The lowest BCUT2D eigenvalue weighted by molar-refractivity contribution is 0.835. The number of nitrogens with zero attached hydrogens (tertiary/aromatic N) is 4. The maximum atomic E-state index is 12.5. The van der Waals surface area contributed by atoms with Crippen molar-refractivity contribution in [3.05, 3.63) is 75.7 Å². The van der Waals surface area contributed by atoms with Gasteiger partial charge in [0, 0.05) is 29.5 Å². The minimum atomic E-state index is -0.295. The summed E-state index contributed by atoms with van der Waals surface area (Å²) in [4.78, 5) is 28.3. The third-order valence-corrected chi connectivity index (χ3v) is 4.70. The second-order valence-corrected chi connectivity index (χ2v) is 6.61. The third kappa shape index (κ3) is 3.29. The molecule has 136 valence electrons. The zero-order valence-corrected chi connectivity index (χ0v) is 15.5. The van der Waals surface area contributed by atoms with E-state index in [0.29, 0.717) is 27.9 Å². The summed E-state index contributed by atoms with van der Waals surface area (Å²) in [5, 5.41) is 4.58. The predicted octanol–water partition coefficient (Wildman–Crippen LogP) is 3.64. The Morgan fingerprint density at radius 3 is 2.85 bits per heavy atom. The molecule has 0 saturated heterocycles. The molecular formula is C19H17ClN6O. The summed E-state index contributed by atoms with van der Waals surface area (Å²) in [6.07, 6.45) is 5.22. The smallest absolute Gasteiger partial charge is 0.253 e. The summed E-state index contributed by atoms with van der Waals surface area (Å²) in [6.45, 7) is 3.79. The van der Waals surface area contributed by atoms with Crippen LogP contribution in [-0.2, 0) is 0 Å². The fourth-order valence-corrected chi connectivity index (χ4v) is 3.21. The van der Waals surface area contributed by atoms with Gasteiger partial charge in [0.05, 0.1) is 16.6 Å². The molecule has 3 aromatic heterocycles. The van der Waals surface area contributed by atoms with Crippen molar-refractivity contribution in [1.29, 1.82) is 0 Å². The molecule has 1 atom stereocenters. The molecule has 27 heavy (non-hydrogen) atoms. The van der Waals surface area contributed by atoms with E-state index in [-0.39, 0.29) is 11.6 Å². The van der Waals surface area contributed by atoms with E-state index in [1.165, 1.54) is 0 Å². The number of aromatic amines is 1. The first-order valence-corrected chi connectivity index (χ1v) is 8.82. The predicted molar refractivity (Wildman–Crippen MR) is 106 cm³/mol. The summed E-state index contributed by atoms with van der Waals surface area (Å²) in [5.74, 6) is 1.96. The van der Waals surface area contributed by atoms with Crippen LogP contribution < -0.4 is 10.9 Å². The lowest BCUT2D eigenvalue weighted by atomic mass is 10.1. The number of hydrogen-bond donors (Lipinski definition) is 2. The van der Waals surface area contributed by atoms with Gasteiger partial charge in [0.1, 0.15) is 11.6 Å². The van der Waals surface area contributed by atoms with E-state index in [1.54, 1.807) is 24.5 Å². The van der Waals surface area contributed by atoms with Gasteiger partial charge in [0.2, 0.25) is 5.95 Å². The van der Waals surface area contributed by atoms with Crippen molar-refractivity contribution in [3.8, 4) is 5.82 Å². The molecule has 0 aliphatic heterocycles. The van der Waals surface area contributed by atoms with Gasteiger partial charge in [-0.15, -0.1) is 0 Å². The maximum absolute atomic E-state index is 12.5. The molecule has 0 aliphatic rings. The number of fused-ring (bicyclic) bond motifs is 1. The highest BCUT2D eigenvalue weighted by molar-refractivity contribution is 6.35. The largest absolute Gasteiger partial charge is 0.347 e. The van der Waals surface area contributed by atoms with E-state index < -0.39 is 0 Å². The number of imidazole rings is 1. The molecule has 3 heterocycles. The first-order chi connectivity index (χ1) is 13.0. The number of nitrogens with one attached hydrogen (secondary N) is 2. The second-order valence-electron chi connectivity index (χ2n) is 6.21. The standard InChI is InChI=1S/C19H17ClN6O/c1-11(14-10-13-4-3-5-15(20)17(13)25-18(14)27)23-19-22-7-6-16(24-19)26-9-8-21-12(26)2/h3-11H,1-2H3,(H,25,27)(H,22,23,24)/t11-/m0/s1. The van der Waals surface area contributed by atoms with Gasteiger partial charge < -0.3 is 10.3 Å². The highest BCUT2D eigenvalue weighted by Crippen LogP contribution is 2.23. The second kappa shape index (κ2) is 6.85. The number of aromatic nitrogens is 5. The van der Waals surface area contributed by atoms with Crippen molar-refractivity contribution in [2.24, 2.45) is 0 Å². The molecular weight excluding hydrogens is 364 g/mol. The Hall–Kier alpha value is -3.19. The van der Waals surface area contributed by atoms with Crippen molar-refractivity contribution in [3.63, 3.8) is 0 Å². The number of pyridine rings is 1. The summed E-state index contributed by atoms with van der Waals surface area (Å²) in [7, 11) is 0. The number of aryl methyl sites for hydroxylation is 1. The molecule has 0 aliphatic carbocycles. The zero-order chi connectivity index (χ0) is 19.0. The molecule has 0 saturated carbocycles. The van der Waals surface area contributed by atoms with E-state index in [9.17, 15) is 4.79 Å². The van der Waals surface area contributed by atoms with Crippen LogP contribution >= 0.6 is 11.6 Å². The minimum Gasteiger partial charge on any atom is -0.347 e. The molecule has 0 amide bonds. The molecule has 2 N–H and O–H groups in total. The van der Waals surface area contributed by atoms with E-state index in [1.807, 2.05) is 42.8 Å². The number of benzene rings is 1. The van der Waals surface area contributed by atoms with Crippen LogP contribution in [0.3, 0.4) is 0 Å². The molecule has 0 fully saturated rings. The quantitative estimate of drug-likeness (QED) is 0.564. The summed E-state index contributed by atoms with van der Waals surface area (Å²) in [5.41, 5.74) is 1.02. The van der Waals surface area contributed by atoms with E-state index in [0.717, 1.165) is 11.2 Å². The normalized spacial score (nSPS) is 12.3. The topological polar surface area (TPSA) is 88.5 Å². The van der Waals surface area contributed by atoms with Gasteiger partial charge in [-0.25, -0.2) is 9.97 Å². The van der Waals surface area contributed by atoms with Crippen molar-refractivity contribution in [2.45, 2.75) is 19.9 Å². The molecule has 0 radical (unpaired) electrons. The van der Waals surface area contributed by atoms with Gasteiger partial charge in [-0.1, -0.05) is 23.7 Å². The first-order valence-electron chi connectivity index (χ1n) is 8.44. The van der Waals surface area contributed by atoms with Crippen LogP contribution in [0.1, 0.15) is 24.4 Å². The molecule has 8 heteroatoms. The van der Waals surface area contributed by atoms with Gasteiger partial charge in [-0.3, -0.25) is 9.36 Å². The SMILES string of the molecule is Cc1nccn1-c1ccnc(N[C@@H](C)c2cc3cccc(Cl)c3[nH]c2=O)n1. The van der Waals surface area contributed by atoms with Gasteiger partial charge in [0.25, 0.3) is 5.56 Å². The first kappa shape index (κ1) is 17.2. The third-order valence-electron chi connectivity index (χ3n) is 4.38. The van der Waals surface area contributed by atoms with E-state index in [2.05, 4.69) is 25.3 Å². The monoisotopic (exact) mass is 380 g/mol. The van der Waals surface area contributed by atoms with E-state index >= 15 is 0 Å². The van der Waals surface area contributed by atoms with Crippen molar-refractivity contribution in [2.75, 3.05) is 5.32 Å². The van der Waals surface area contributed by atoms with Crippen molar-refractivity contribution in [1.82, 2.24) is 24.5 Å². The number of halogens is 1. The fraction of sp³-hybridized carbons (Fsp3) is 0.158. The number of para-hydroxylation sites is 1. The lowest BCUT2D eigenvalue weighted by Gasteiger charge is -2.15. The van der Waals surface area contributed by atoms with Crippen LogP contribution in [0, 0.1) is 6.92 Å². The van der Waals surface area contributed by atoms with Crippen LogP contribution in [0.25, 0.3) is 16.7 Å². The average Bonchev–Trinajstić information content (AvgIpc) is 3.08. The fourth-order valence-electron chi connectivity index (χ4n) is 2.98. The summed E-state index contributed by atoms with van der Waals surface area (Å²) >= 11 is 6.16. The van der Waals surface area contributed by atoms with Crippen LogP contribution in [0.2, 0.25) is 5.02 Å². The van der Waals surface area contributed by atoms with Gasteiger partial charge in [-0.2, -0.15) is 4.98 Å². The average molecular weight is 381 g/mol. The van der Waals surface area contributed by atoms with Crippen molar-refractivity contribution < 1.29 is 0 Å². The Balaban J connectivity index is 1.66. The Morgan fingerprint density at radius 2 is 2.07 bits per heavy atom. The Morgan fingerprint density at radius 1 is 1.22 bits per heavy atom. The van der Waals surface area contributed by atoms with Crippen LogP contribution in [0.15, 0.2) is 53.7 Å². The van der Waals surface area contributed by atoms with Crippen LogP contribution in [0.5, 0.6) is 0 Å². The highest BCUT2D eigenvalue weighted by atomic mass is 35.5. The Labute approximate surface area is 160 Å². The molecule has 7 nitrogen and oxygen atoms in total. The van der Waals surface area contributed by atoms with Gasteiger partial charge in [-0.05, 0) is 32.0 Å². The minimum absolute atomic E-state index is 0.197. The lowest BCUT2D eigenvalue weighted by Crippen LogP contribution is -2.20. The highest BCUT2D eigenvalue weighted by Gasteiger charge is 2.14. The molecule has 4 aromatic rings. The Bertz CT molecular complexity index is 1180. The summed E-state index contributed by atoms with van der Waals surface area (Å²) < 4.78 is 1.86. The summed E-state index contributed by atoms with van der Waals surface area (Å²) in [6, 6.07) is 8.85. The zero-order valence-electron chi connectivity index (χ0n) is 14.8. The number of hydrogen-bond acceptors (Lipinski definition) is 5. The van der Waals surface area contributed by atoms with Gasteiger partial charge in [0.15, 0.2) is 0 Å². The number of rotatable bonds is 4. The number of anilines is 1. The number of H-pyrrole nitrogens is 1. The van der Waals surface area contributed by atoms with Gasteiger partial charge >= 0.3 is 0 Å². The maximum Gasteiger partial charge on any atom is 0.253 e. The van der Waals surface area contributed by atoms with Crippen LogP contribution in [-0.4, -0.2) is 24.5 Å². The van der Waals surface area contributed by atoms with E-state index in [4.69, 9.17) is 11.6 Å². The van der Waals surface area contributed by atoms with Crippen LogP contribution in [0.4, 0.5) is 5.95 Å². The molecule has 0 bridgehead atoms. The Kier molecular flexibility index (Phi) is 4.37. The van der Waals surface area contributed by atoms with Crippen molar-refractivity contribution >= 4 is 28.5 Å².